The van der Waals surface area contributed by atoms with Crippen LogP contribution in [0.1, 0.15) is 77.8 Å². The van der Waals surface area contributed by atoms with Gasteiger partial charge in [-0.05, 0) is 35.3 Å². The van der Waals surface area contributed by atoms with Gasteiger partial charge in [0.25, 0.3) is 0 Å². The maximum absolute atomic E-state index is 11.8. The number of rotatable bonds is 9. The molecule has 136 valence electrons. The fourth-order valence-electron chi connectivity index (χ4n) is 2.72. The quantitative estimate of drug-likeness (QED) is 0.487. The number of ether oxygens (including phenoxy) is 1. The summed E-state index contributed by atoms with van der Waals surface area (Å²) in [4.78, 5) is 11.8. The molecule has 0 aliphatic heterocycles. The average molecular weight is 335 g/mol. The van der Waals surface area contributed by atoms with E-state index in [1.807, 2.05) is 18.2 Å². The first-order valence-corrected chi connectivity index (χ1v) is 9.18. The van der Waals surface area contributed by atoms with E-state index in [9.17, 15) is 9.90 Å². The van der Waals surface area contributed by atoms with Crippen molar-refractivity contribution in [1.29, 1.82) is 0 Å². The Bertz CT molecular complexity index is 512. The molecule has 0 bridgehead atoms. The van der Waals surface area contributed by atoms with E-state index in [0.717, 1.165) is 29.9 Å². The number of carbonyl (C=O) groups is 1. The Kier molecular flexibility index (Phi) is 8.30. The van der Waals surface area contributed by atoms with Crippen molar-refractivity contribution in [3.63, 3.8) is 0 Å². The molecule has 0 spiro atoms. The summed E-state index contributed by atoms with van der Waals surface area (Å²) in [5, 5.41) is 10.4. The summed E-state index contributed by atoms with van der Waals surface area (Å²) in [5.41, 5.74) is 1.62. The smallest absolute Gasteiger partial charge is 0.306 e. The predicted octanol–water partition coefficient (Wildman–Crippen LogP) is 5.38. The molecule has 0 aromatic heterocycles. The molecule has 0 radical (unpaired) electrons. The summed E-state index contributed by atoms with van der Waals surface area (Å²) in [6.07, 6.45) is 5.30. The molecule has 0 unspecified atom stereocenters. The normalized spacial score (nSPS) is 11.8. The van der Waals surface area contributed by atoms with Gasteiger partial charge in [0.05, 0.1) is 6.61 Å². The molecule has 0 saturated carbocycles. The van der Waals surface area contributed by atoms with E-state index in [0.29, 0.717) is 25.2 Å². The van der Waals surface area contributed by atoms with Crippen LogP contribution >= 0.6 is 0 Å². The lowest BCUT2D eigenvalue weighted by molar-refractivity contribution is -0.143. The zero-order chi connectivity index (χ0) is 18.2. The minimum Gasteiger partial charge on any atom is -0.507 e. The molecule has 1 rings (SSSR count). The van der Waals surface area contributed by atoms with E-state index >= 15 is 0 Å². The maximum Gasteiger partial charge on any atom is 0.306 e. The molecule has 1 N–H and O–H groups in total. The van der Waals surface area contributed by atoms with Crippen LogP contribution in [-0.2, 0) is 21.4 Å². The first kappa shape index (κ1) is 20.5. The Hall–Kier alpha value is -1.51. The fourth-order valence-corrected chi connectivity index (χ4v) is 2.72. The van der Waals surface area contributed by atoms with Crippen LogP contribution in [0.25, 0.3) is 0 Å². The van der Waals surface area contributed by atoms with E-state index in [-0.39, 0.29) is 11.4 Å². The highest BCUT2D eigenvalue weighted by atomic mass is 16.5. The van der Waals surface area contributed by atoms with Gasteiger partial charge in [-0.1, -0.05) is 72.1 Å². The summed E-state index contributed by atoms with van der Waals surface area (Å²) in [6.45, 7) is 11.2. The Morgan fingerprint density at radius 1 is 1.17 bits per heavy atom. The lowest BCUT2D eigenvalue weighted by Crippen LogP contribution is -2.12. The van der Waals surface area contributed by atoms with Gasteiger partial charge >= 0.3 is 5.97 Å². The first-order chi connectivity index (χ1) is 11.2. The summed E-state index contributed by atoms with van der Waals surface area (Å²) < 4.78 is 5.29. The molecule has 24 heavy (non-hydrogen) atoms. The predicted molar refractivity (Wildman–Crippen MR) is 99.4 cm³/mol. The zero-order valence-corrected chi connectivity index (χ0v) is 16.0. The summed E-state index contributed by atoms with van der Waals surface area (Å²) in [6, 6.07) is 5.76. The van der Waals surface area contributed by atoms with Crippen LogP contribution in [0.2, 0.25) is 0 Å². The van der Waals surface area contributed by atoms with Gasteiger partial charge in [-0.25, -0.2) is 0 Å². The minimum atomic E-state index is -0.181. The van der Waals surface area contributed by atoms with Crippen LogP contribution in [0, 0.1) is 5.92 Å². The third kappa shape index (κ3) is 7.37. The van der Waals surface area contributed by atoms with Crippen molar-refractivity contribution in [3.05, 3.63) is 29.3 Å². The van der Waals surface area contributed by atoms with Crippen LogP contribution < -0.4 is 0 Å². The van der Waals surface area contributed by atoms with E-state index in [1.54, 1.807) is 0 Å². The molecule has 0 heterocycles. The second-order valence-corrected chi connectivity index (χ2v) is 8.03. The van der Waals surface area contributed by atoms with Crippen molar-refractivity contribution in [2.45, 2.75) is 78.6 Å². The van der Waals surface area contributed by atoms with E-state index in [4.69, 9.17) is 4.74 Å². The minimum absolute atomic E-state index is 0.114. The van der Waals surface area contributed by atoms with E-state index in [1.165, 1.54) is 12.8 Å². The van der Waals surface area contributed by atoms with Crippen molar-refractivity contribution in [2.24, 2.45) is 5.92 Å². The van der Waals surface area contributed by atoms with E-state index < -0.39 is 0 Å². The Labute approximate surface area is 147 Å². The molecular weight excluding hydrogens is 300 g/mol. The molecule has 0 aliphatic carbocycles. The molecule has 0 amide bonds. The molecule has 0 fully saturated rings. The van der Waals surface area contributed by atoms with E-state index in [2.05, 4.69) is 34.6 Å². The number of hydrogen-bond acceptors (Lipinski definition) is 3. The third-order valence-corrected chi connectivity index (χ3v) is 4.21. The molecule has 0 aliphatic rings. The number of hydrogen-bond donors (Lipinski definition) is 1. The summed E-state index contributed by atoms with van der Waals surface area (Å²) in [7, 11) is 0. The fraction of sp³-hybridized carbons (Fsp3) is 0.667. The Morgan fingerprint density at radius 2 is 1.88 bits per heavy atom. The van der Waals surface area contributed by atoms with Crippen molar-refractivity contribution in [2.75, 3.05) is 6.61 Å². The van der Waals surface area contributed by atoms with Gasteiger partial charge in [0.2, 0.25) is 0 Å². The lowest BCUT2D eigenvalue weighted by Gasteiger charge is -2.21. The highest BCUT2D eigenvalue weighted by Crippen LogP contribution is 2.33. The highest BCUT2D eigenvalue weighted by molar-refractivity contribution is 5.70. The summed E-state index contributed by atoms with van der Waals surface area (Å²) in [5.74, 6) is 0.870. The largest absolute Gasteiger partial charge is 0.507 e. The highest BCUT2D eigenvalue weighted by Gasteiger charge is 2.19. The van der Waals surface area contributed by atoms with Gasteiger partial charge in [-0.3, -0.25) is 4.79 Å². The van der Waals surface area contributed by atoms with Gasteiger partial charge in [-0.2, -0.15) is 0 Å². The number of aromatic hydroxyl groups is 1. The molecule has 1 aromatic carbocycles. The number of phenolic OH excluding ortho intramolecular Hbond substituents is 1. The molecule has 1 aromatic rings. The number of carbonyl (C=O) groups excluding carboxylic acids is 1. The zero-order valence-electron chi connectivity index (χ0n) is 16.0. The molecule has 0 saturated heterocycles. The van der Waals surface area contributed by atoms with Crippen LogP contribution in [0.15, 0.2) is 18.2 Å². The van der Waals surface area contributed by atoms with Crippen LogP contribution in [-0.4, -0.2) is 17.7 Å². The topological polar surface area (TPSA) is 46.5 Å². The van der Waals surface area contributed by atoms with Gasteiger partial charge in [0.1, 0.15) is 5.75 Å². The number of esters is 1. The molecule has 3 nitrogen and oxygen atoms in total. The molecule has 0 atom stereocenters. The monoisotopic (exact) mass is 334 g/mol. The number of para-hydroxylation sites is 1. The van der Waals surface area contributed by atoms with Crippen molar-refractivity contribution in [3.8, 4) is 5.75 Å². The summed E-state index contributed by atoms with van der Waals surface area (Å²) >= 11 is 0. The van der Waals surface area contributed by atoms with Crippen molar-refractivity contribution < 1.29 is 14.6 Å². The van der Waals surface area contributed by atoms with Crippen molar-refractivity contribution in [1.82, 2.24) is 0 Å². The van der Waals surface area contributed by atoms with Crippen LogP contribution in [0.4, 0.5) is 0 Å². The number of aryl methyl sites for hydroxylation is 1. The van der Waals surface area contributed by atoms with Gasteiger partial charge < -0.3 is 9.84 Å². The second-order valence-electron chi connectivity index (χ2n) is 8.03. The van der Waals surface area contributed by atoms with Gasteiger partial charge in [0.15, 0.2) is 0 Å². The number of unbranched alkanes of at least 4 members (excludes halogenated alkanes) is 2. The lowest BCUT2D eigenvalue weighted by atomic mass is 9.85. The molecular formula is C21H34O3. The third-order valence-electron chi connectivity index (χ3n) is 4.21. The SMILES string of the molecule is CC(C)CCCCCOC(=O)CCc1cccc(C(C)(C)C)c1O. The van der Waals surface area contributed by atoms with Gasteiger partial charge in [0, 0.05) is 6.42 Å². The maximum atomic E-state index is 11.8. The molecule has 3 heteroatoms. The van der Waals surface area contributed by atoms with Gasteiger partial charge in [-0.15, -0.1) is 0 Å². The number of phenols is 1. The van der Waals surface area contributed by atoms with Crippen LogP contribution in [0.5, 0.6) is 5.75 Å². The first-order valence-electron chi connectivity index (χ1n) is 9.18. The second kappa shape index (κ2) is 9.71. The standard InChI is InChI=1S/C21H34O3/c1-16(2)10-7-6-8-15-24-19(22)14-13-17-11-9-12-18(20(17)23)21(3,4)5/h9,11-12,16,23H,6-8,10,13-15H2,1-5H3. The number of benzene rings is 1. The van der Waals surface area contributed by atoms with Crippen LogP contribution in [0.3, 0.4) is 0 Å². The Morgan fingerprint density at radius 3 is 2.50 bits per heavy atom. The Balaban J connectivity index is 2.35. The average Bonchev–Trinajstić information content (AvgIpc) is 2.48. The van der Waals surface area contributed by atoms with Crippen molar-refractivity contribution >= 4 is 5.97 Å².